The first-order chi connectivity index (χ1) is 10.6. The molecule has 1 aromatic carbocycles. The van der Waals surface area contributed by atoms with Gasteiger partial charge in [0.15, 0.2) is 5.65 Å². The van der Waals surface area contributed by atoms with Crippen molar-refractivity contribution in [3.8, 4) is 17.3 Å². The molecule has 3 rings (SSSR count). The number of benzene rings is 1. The molecule has 2 heterocycles. The molecule has 0 N–H and O–H groups in total. The van der Waals surface area contributed by atoms with Gasteiger partial charge in [-0.3, -0.25) is 4.79 Å². The lowest BCUT2D eigenvalue weighted by Crippen LogP contribution is -2.22. The summed E-state index contributed by atoms with van der Waals surface area (Å²) >= 11 is 0. The van der Waals surface area contributed by atoms with Crippen LogP contribution in [0.1, 0.15) is 12.5 Å². The van der Waals surface area contributed by atoms with E-state index in [9.17, 15) is 4.79 Å². The number of nitrogens with zero attached hydrogens (tertiary/aromatic N) is 5. The maximum absolute atomic E-state index is 11.5. The van der Waals surface area contributed by atoms with Gasteiger partial charge in [0.2, 0.25) is 5.91 Å². The lowest BCUT2D eigenvalue weighted by atomic mass is 10.1. The second-order valence-electron chi connectivity index (χ2n) is 4.88. The van der Waals surface area contributed by atoms with E-state index in [0.29, 0.717) is 11.2 Å². The van der Waals surface area contributed by atoms with Crippen LogP contribution in [0.15, 0.2) is 42.7 Å². The van der Waals surface area contributed by atoms with Crippen LogP contribution in [0.3, 0.4) is 0 Å². The van der Waals surface area contributed by atoms with Gasteiger partial charge < -0.3 is 4.90 Å². The molecule has 6 nitrogen and oxygen atoms in total. The Labute approximate surface area is 127 Å². The van der Waals surface area contributed by atoms with Crippen LogP contribution < -0.4 is 4.90 Å². The van der Waals surface area contributed by atoms with E-state index in [1.165, 1.54) is 13.1 Å². The van der Waals surface area contributed by atoms with E-state index < -0.39 is 0 Å². The Balaban J connectivity index is 2.09. The van der Waals surface area contributed by atoms with Crippen LogP contribution in [0.5, 0.6) is 0 Å². The van der Waals surface area contributed by atoms with Crippen LogP contribution in [0.2, 0.25) is 0 Å². The second kappa shape index (κ2) is 5.30. The van der Waals surface area contributed by atoms with Crippen LogP contribution in [0, 0.1) is 11.3 Å². The zero-order chi connectivity index (χ0) is 15.7. The molecule has 0 aliphatic carbocycles. The average Bonchev–Trinajstić information content (AvgIpc) is 2.96. The number of fused-ring (bicyclic) bond motifs is 1. The summed E-state index contributed by atoms with van der Waals surface area (Å²) in [4.78, 5) is 17.5. The van der Waals surface area contributed by atoms with Gasteiger partial charge >= 0.3 is 0 Å². The minimum Gasteiger partial charge on any atom is -0.316 e. The Morgan fingerprint density at radius 1 is 1.36 bits per heavy atom. The molecule has 108 valence electrons. The molecule has 3 aromatic rings. The van der Waals surface area contributed by atoms with Crippen molar-refractivity contribution in [2.24, 2.45) is 0 Å². The largest absolute Gasteiger partial charge is 0.316 e. The predicted octanol–water partition coefficient (Wildman–Crippen LogP) is 2.25. The molecule has 2 aromatic heterocycles. The maximum atomic E-state index is 11.5. The fraction of sp³-hybridized carbons (Fsp3) is 0.125. The quantitative estimate of drug-likeness (QED) is 0.725. The van der Waals surface area contributed by atoms with E-state index in [1.54, 1.807) is 22.7 Å². The molecule has 0 radical (unpaired) electrons. The second-order valence-corrected chi connectivity index (χ2v) is 4.88. The average molecular weight is 291 g/mol. The van der Waals surface area contributed by atoms with Gasteiger partial charge in [0.05, 0.1) is 11.9 Å². The molecular weight excluding hydrogens is 278 g/mol. The number of nitriles is 1. The molecule has 6 heteroatoms. The summed E-state index contributed by atoms with van der Waals surface area (Å²) in [6, 6.07) is 11.4. The fourth-order valence-electron chi connectivity index (χ4n) is 2.16. The first-order valence-corrected chi connectivity index (χ1v) is 6.69. The minimum absolute atomic E-state index is 0.0388. The summed E-state index contributed by atoms with van der Waals surface area (Å²) in [6.07, 6.45) is 3.26. The van der Waals surface area contributed by atoms with Crippen molar-refractivity contribution in [1.82, 2.24) is 14.6 Å². The molecule has 0 saturated heterocycles. The third-order valence-corrected chi connectivity index (χ3v) is 3.49. The minimum atomic E-state index is -0.0388. The SMILES string of the molecule is CC(=O)N(C)c1cccc(-c2ccn3ncc(C#N)c3n2)c1. The Hall–Kier alpha value is -3.20. The van der Waals surface area contributed by atoms with Crippen LogP contribution in [0.4, 0.5) is 5.69 Å². The molecule has 0 spiro atoms. The van der Waals surface area contributed by atoms with E-state index in [-0.39, 0.29) is 5.91 Å². The number of carbonyl (C=O) groups is 1. The van der Waals surface area contributed by atoms with Crippen LogP contribution >= 0.6 is 0 Å². The van der Waals surface area contributed by atoms with Gasteiger partial charge in [-0.05, 0) is 18.2 Å². The van der Waals surface area contributed by atoms with Crippen molar-refractivity contribution >= 4 is 17.2 Å². The summed E-state index contributed by atoms with van der Waals surface area (Å²) in [5.74, 6) is -0.0388. The molecule has 0 bridgehead atoms. The van der Waals surface area contributed by atoms with Crippen LogP contribution in [0.25, 0.3) is 16.9 Å². The Morgan fingerprint density at radius 3 is 2.91 bits per heavy atom. The highest BCUT2D eigenvalue weighted by Gasteiger charge is 2.10. The molecule has 0 saturated carbocycles. The van der Waals surface area contributed by atoms with Gasteiger partial charge in [-0.1, -0.05) is 12.1 Å². The van der Waals surface area contributed by atoms with Crippen molar-refractivity contribution in [1.29, 1.82) is 5.26 Å². The van der Waals surface area contributed by atoms with E-state index in [0.717, 1.165) is 16.9 Å². The monoisotopic (exact) mass is 291 g/mol. The number of carbonyl (C=O) groups excluding carboxylic acids is 1. The summed E-state index contributed by atoms with van der Waals surface area (Å²) < 4.78 is 1.56. The van der Waals surface area contributed by atoms with Crippen LogP contribution in [-0.2, 0) is 4.79 Å². The predicted molar refractivity (Wildman–Crippen MR) is 82.2 cm³/mol. The first-order valence-electron chi connectivity index (χ1n) is 6.69. The number of rotatable bonds is 2. The normalized spacial score (nSPS) is 10.4. The van der Waals surface area contributed by atoms with E-state index in [4.69, 9.17) is 5.26 Å². The van der Waals surface area contributed by atoms with E-state index in [1.807, 2.05) is 30.3 Å². The maximum Gasteiger partial charge on any atom is 0.223 e. The molecule has 1 amide bonds. The lowest BCUT2D eigenvalue weighted by molar-refractivity contribution is -0.116. The van der Waals surface area contributed by atoms with Gasteiger partial charge in [0.25, 0.3) is 0 Å². The number of amides is 1. The number of anilines is 1. The highest BCUT2D eigenvalue weighted by molar-refractivity contribution is 5.91. The van der Waals surface area contributed by atoms with Crippen molar-refractivity contribution in [3.63, 3.8) is 0 Å². The van der Waals surface area contributed by atoms with Crippen molar-refractivity contribution < 1.29 is 4.79 Å². The van der Waals surface area contributed by atoms with Crippen molar-refractivity contribution in [2.45, 2.75) is 6.92 Å². The summed E-state index contributed by atoms with van der Waals surface area (Å²) in [7, 11) is 1.73. The number of hydrogen-bond donors (Lipinski definition) is 0. The van der Waals surface area contributed by atoms with Crippen molar-refractivity contribution in [2.75, 3.05) is 11.9 Å². The third kappa shape index (κ3) is 2.29. The summed E-state index contributed by atoms with van der Waals surface area (Å²) in [5, 5.41) is 13.1. The standard InChI is InChI=1S/C16H13N5O/c1-11(22)20(2)14-5-3-4-12(8-14)15-6-7-21-16(19-15)13(9-17)10-18-21/h3-8,10H,1-2H3. The van der Waals surface area contributed by atoms with Crippen molar-refractivity contribution in [3.05, 3.63) is 48.3 Å². The Bertz CT molecular complexity index is 906. The van der Waals surface area contributed by atoms with Gasteiger partial charge in [0, 0.05) is 31.4 Å². The van der Waals surface area contributed by atoms with Gasteiger partial charge in [-0.2, -0.15) is 10.4 Å². The number of aromatic nitrogens is 3. The third-order valence-electron chi connectivity index (χ3n) is 3.49. The van der Waals surface area contributed by atoms with Gasteiger partial charge in [-0.15, -0.1) is 0 Å². The zero-order valence-electron chi connectivity index (χ0n) is 12.2. The van der Waals surface area contributed by atoms with E-state index in [2.05, 4.69) is 16.2 Å². The lowest BCUT2D eigenvalue weighted by Gasteiger charge is -2.15. The van der Waals surface area contributed by atoms with Crippen LogP contribution in [-0.4, -0.2) is 27.6 Å². The fourth-order valence-corrected chi connectivity index (χ4v) is 2.16. The highest BCUT2D eigenvalue weighted by Crippen LogP contribution is 2.23. The summed E-state index contributed by atoms with van der Waals surface area (Å²) in [6.45, 7) is 1.52. The highest BCUT2D eigenvalue weighted by atomic mass is 16.2. The Kier molecular flexibility index (Phi) is 3.31. The van der Waals surface area contributed by atoms with E-state index >= 15 is 0 Å². The Morgan fingerprint density at radius 2 is 2.18 bits per heavy atom. The summed E-state index contributed by atoms with van der Waals surface area (Å²) in [5.41, 5.74) is 3.34. The molecule has 0 fully saturated rings. The molecule has 0 unspecified atom stereocenters. The molecular formula is C16H13N5O. The molecule has 0 aliphatic rings. The van der Waals surface area contributed by atoms with Gasteiger partial charge in [-0.25, -0.2) is 9.50 Å². The molecule has 22 heavy (non-hydrogen) atoms. The first kappa shape index (κ1) is 13.8. The number of hydrogen-bond acceptors (Lipinski definition) is 4. The topological polar surface area (TPSA) is 74.3 Å². The molecule has 0 atom stereocenters. The van der Waals surface area contributed by atoms with Gasteiger partial charge in [0.1, 0.15) is 11.6 Å². The zero-order valence-corrected chi connectivity index (χ0v) is 12.2. The smallest absolute Gasteiger partial charge is 0.223 e. The molecule has 0 aliphatic heterocycles.